The molecule has 8 heteroatoms. The lowest BCUT2D eigenvalue weighted by molar-refractivity contribution is -0.116. The molecule has 0 aliphatic heterocycles. The maximum Gasteiger partial charge on any atom is 0.258 e. The number of amides is 1. The molecule has 1 aromatic carbocycles. The zero-order valence-corrected chi connectivity index (χ0v) is 15.9. The quantitative estimate of drug-likeness (QED) is 0.569. The molecule has 0 unspecified atom stereocenters. The fourth-order valence-electron chi connectivity index (χ4n) is 3.41. The summed E-state index contributed by atoms with van der Waals surface area (Å²) in [6.07, 6.45) is 2.22. The Hall–Kier alpha value is -3.55. The van der Waals surface area contributed by atoms with Gasteiger partial charge >= 0.3 is 0 Å². The van der Waals surface area contributed by atoms with Crippen molar-refractivity contribution in [3.05, 3.63) is 63.6 Å². The second kappa shape index (κ2) is 6.88. The Morgan fingerprint density at radius 1 is 1.21 bits per heavy atom. The highest BCUT2D eigenvalue weighted by molar-refractivity contribution is 5.93. The van der Waals surface area contributed by atoms with Crippen LogP contribution in [0.5, 0.6) is 0 Å². The van der Waals surface area contributed by atoms with Gasteiger partial charge in [0.15, 0.2) is 5.65 Å². The molecule has 142 valence electrons. The van der Waals surface area contributed by atoms with E-state index >= 15 is 0 Å². The molecule has 0 radical (unpaired) electrons. The zero-order chi connectivity index (χ0) is 19.8. The molecule has 0 saturated heterocycles. The average molecular weight is 376 g/mol. The van der Waals surface area contributed by atoms with Crippen LogP contribution in [0, 0.1) is 20.8 Å². The number of fused-ring (bicyclic) bond motifs is 2. The number of nitrogens with one attached hydrogen (secondary N) is 2. The topological polar surface area (TPSA) is 105 Å². The molecule has 28 heavy (non-hydrogen) atoms. The number of nitrogens with zero attached hydrogens (tertiary/aromatic N) is 4. The number of aromatic nitrogens is 5. The second-order valence-electron chi connectivity index (χ2n) is 6.83. The predicted molar refractivity (Wildman–Crippen MR) is 107 cm³/mol. The molecule has 2 N–H and O–H groups in total. The lowest BCUT2D eigenvalue weighted by Crippen LogP contribution is -2.15. The third kappa shape index (κ3) is 3.24. The third-order valence-electron chi connectivity index (χ3n) is 4.81. The monoisotopic (exact) mass is 376 g/mol. The van der Waals surface area contributed by atoms with Crippen molar-refractivity contribution in [2.24, 2.45) is 0 Å². The fourth-order valence-corrected chi connectivity index (χ4v) is 3.41. The van der Waals surface area contributed by atoms with Crippen molar-refractivity contribution in [1.82, 2.24) is 24.6 Å². The maximum absolute atomic E-state index is 12.4. The van der Waals surface area contributed by atoms with E-state index in [2.05, 4.69) is 25.4 Å². The first-order valence-corrected chi connectivity index (χ1v) is 9.02. The van der Waals surface area contributed by atoms with Gasteiger partial charge in [-0.2, -0.15) is 5.10 Å². The highest BCUT2D eigenvalue weighted by atomic mass is 16.1. The maximum atomic E-state index is 12.4. The van der Waals surface area contributed by atoms with Crippen molar-refractivity contribution in [2.75, 3.05) is 5.32 Å². The van der Waals surface area contributed by atoms with Crippen molar-refractivity contribution in [3.8, 4) is 0 Å². The Morgan fingerprint density at radius 2 is 2.04 bits per heavy atom. The van der Waals surface area contributed by atoms with Gasteiger partial charge in [-0.3, -0.25) is 9.59 Å². The van der Waals surface area contributed by atoms with Crippen LogP contribution in [-0.2, 0) is 11.2 Å². The lowest BCUT2D eigenvalue weighted by atomic mass is 10.1. The van der Waals surface area contributed by atoms with Crippen molar-refractivity contribution in [2.45, 2.75) is 33.6 Å². The molecule has 0 atom stereocenters. The van der Waals surface area contributed by atoms with Crippen LogP contribution in [0.4, 0.5) is 5.69 Å². The summed E-state index contributed by atoms with van der Waals surface area (Å²) >= 11 is 0. The van der Waals surface area contributed by atoms with Crippen LogP contribution >= 0.6 is 0 Å². The Labute approximate surface area is 160 Å². The SMILES string of the molecule is Cc1cc2nc(C)c(CCC(=O)Nc3ccc4nc[nH]c(=O)c4c3)c(C)n2n1. The Morgan fingerprint density at radius 3 is 2.86 bits per heavy atom. The summed E-state index contributed by atoms with van der Waals surface area (Å²) in [5.74, 6) is -0.129. The molecule has 8 nitrogen and oxygen atoms in total. The number of hydrogen-bond acceptors (Lipinski definition) is 5. The first-order chi connectivity index (χ1) is 13.4. The Balaban J connectivity index is 1.51. The van der Waals surface area contributed by atoms with Gasteiger partial charge in [-0.05, 0) is 51.0 Å². The third-order valence-corrected chi connectivity index (χ3v) is 4.81. The van der Waals surface area contributed by atoms with Gasteiger partial charge in [-0.25, -0.2) is 14.5 Å². The fraction of sp³-hybridized carbons (Fsp3) is 0.250. The molecule has 0 saturated carbocycles. The van der Waals surface area contributed by atoms with Crippen LogP contribution in [0.25, 0.3) is 16.6 Å². The number of aryl methyl sites for hydroxylation is 3. The first kappa shape index (κ1) is 17.8. The zero-order valence-electron chi connectivity index (χ0n) is 15.9. The van der Waals surface area contributed by atoms with Gasteiger partial charge in [0.2, 0.25) is 5.91 Å². The first-order valence-electron chi connectivity index (χ1n) is 9.02. The lowest BCUT2D eigenvalue weighted by Gasteiger charge is -2.11. The average Bonchev–Trinajstić information content (AvgIpc) is 3.02. The number of carbonyl (C=O) groups is 1. The molecule has 1 amide bonds. The summed E-state index contributed by atoms with van der Waals surface area (Å²) in [7, 11) is 0. The standard InChI is InChI=1S/C20H20N6O2/c1-11-8-18-23-12(2)15(13(3)26(18)25-11)5-7-19(27)24-14-4-6-17-16(9-14)20(28)22-10-21-17/h4,6,8-10H,5,7H2,1-3H3,(H,24,27)(H,21,22,28). The van der Waals surface area contributed by atoms with Crippen LogP contribution < -0.4 is 10.9 Å². The van der Waals surface area contributed by atoms with Crippen LogP contribution in [0.3, 0.4) is 0 Å². The van der Waals surface area contributed by atoms with Gasteiger partial charge in [0.05, 0.1) is 22.9 Å². The number of H-pyrrole nitrogens is 1. The van der Waals surface area contributed by atoms with Gasteiger partial charge in [0.1, 0.15) is 0 Å². The Bertz CT molecular complexity index is 1270. The normalized spacial score (nSPS) is 11.2. The summed E-state index contributed by atoms with van der Waals surface area (Å²) in [6, 6.07) is 7.03. The van der Waals surface area contributed by atoms with Crippen LogP contribution in [0.1, 0.15) is 29.1 Å². The van der Waals surface area contributed by atoms with E-state index in [0.29, 0.717) is 29.4 Å². The van der Waals surface area contributed by atoms with E-state index < -0.39 is 0 Å². The highest BCUT2D eigenvalue weighted by Gasteiger charge is 2.13. The van der Waals surface area contributed by atoms with Gasteiger partial charge in [-0.15, -0.1) is 0 Å². The van der Waals surface area contributed by atoms with Crippen LogP contribution in [0.2, 0.25) is 0 Å². The molecule has 4 aromatic rings. The van der Waals surface area contributed by atoms with Gasteiger partial charge < -0.3 is 10.3 Å². The van der Waals surface area contributed by atoms with Crippen molar-refractivity contribution >= 4 is 28.1 Å². The summed E-state index contributed by atoms with van der Waals surface area (Å²) in [4.78, 5) is 35.6. The largest absolute Gasteiger partial charge is 0.326 e. The van der Waals surface area contributed by atoms with E-state index in [9.17, 15) is 9.59 Å². The second-order valence-corrected chi connectivity index (χ2v) is 6.83. The minimum absolute atomic E-state index is 0.129. The minimum Gasteiger partial charge on any atom is -0.326 e. The number of aromatic amines is 1. The van der Waals surface area contributed by atoms with E-state index in [-0.39, 0.29) is 11.5 Å². The van der Waals surface area contributed by atoms with E-state index in [4.69, 9.17) is 0 Å². The van der Waals surface area contributed by atoms with Crippen LogP contribution in [-0.4, -0.2) is 30.5 Å². The Kier molecular flexibility index (Phi) is 4.38. The molecule has 3 heterocycles. The van der Waals surface area contributed by atoms with E-state index in [1.54, 1.807) is 18.2 Å². The molecule has 0 aliphatic carbocycles. The predicted octanol–water partition coefficient (Wildman–Crippen LogP) is 2.46. The van der Waals surface area contributed by atoms with Crippen molar-refractivity contribution in [1.29, 1.82) is 0 Å². The smallest absolute Gasteiger partial charge is 0.258 e. The van der Waals surface area contributed by atoms with Gasteiger partial charge in [0, 0.05) is 29.6 Å². The van der Waals surface area contributed by atoms with Crippen molar-refractivity contribution < 1.29 is 4.79 Å². The molecule has 0 bridgehead atoms. The molecule has 4 rings (SSSR count). The number of benzene rings is 1. The summed E-state index contributed by atoms with van der Waals surface area (Å²) < 4.78 is 1.82. The minimum atomic E-state index is -0.235. The summed E-state index contributed by atoms with van der Waals surface area (Å²) in [6.45, 7) is 5.87. The van der Waals surface area contributed by atoms with Gasteiger partial charge in [0.25, 0.3) is 5.56 Å². The highest BCUT2D eigenvalue weighted by Crippen LogP contribution is 2.18. The van der Waals surface area contributed by atoms with E-state index in [1.165, 1.54) is 6.33 Å². The molecule has 0 aliphatic rings. The van der Waals surface area contributed by atoms with Crippen molar-refractivity contribution in [3.63, 3.8) is 0 Å². The molecular formula is C20H20N6O2. The van der Waals surface area contributed by atoms with E-state index in [0.717, 1.165) is 28.3 Å². The summed E-state index contributed by atoms with van der Waals surface area (Å²) in [5, 5.41) is 7.75. The molecule has 0 spiro atoms. The number of rotatable bonds is 4. The van der Waals surface area contributed by atoms with E-state index in [1.807, 2.05) is 31.4 Å². The molecule has 0 fully saturated rings. The molecule has 3 aromatic heterocycles. The summed E-state index contributed by atoms with van der Waals surface area (Å²) in [5.41, 5.74) is 5.56. The molecular weight excluding hydrogens is 356 g/mol. The van der Waals surface area contributed by atoms with Crippen LogP contribution in [0.15, 0.2) is 35.4 Å². The number of hydrogen-bond donors (Lipinski definition) is 2. The number of anilines is 1. The number of carbonyl (C=O) groups excluding carboxylic acids is 1. The van der Waals surface area contributed by atoms with Gasteiger partial charge in [-0.1, -0.05) is 0 Å².